The number of rotatable bonds is 2. The fourth-order valence-corrected chi connectivity index (χ4v) is 3.95. The number of nitrogen functional groups attached to an aromatic ring is 1. The van der Waals surface area contributed by atoms with Gasteiger partial charge in [-0.15, -0.1) is 11.3 Å². The van der Waals surface area contributed by atoms with E-state index in [1.54, 1.807) is 23.7 Å². The summed E-state index contributed by atoms with van der Waals surface area (Å²) in [6.07, 6.45) is 7.10. The van der Waals surface area contributed by atoms with E-state index in [4.69, 9.17) is 10.3 Å². The van der Waals surface area contributed by atoms with Crippen LogP contribution in [0.15, 0.2) is 35.1 Å². The zero-order chi connectivity index (χ0) is 13.5. The summed E-state index contributed by atoms with van der Waals surface area (Å²) in [7, 11) is 0. The topological polar surface area (TPSA) is 64.9 Å². The van der Waals surface area contributed by atoms with Gasteiger partial charge in [0.1, 0.15) is 0 Å². The number of nitrogens with zero attached hydrogens (tertiary/aromatic N) is 2. The second-order valence-electron chi connectivity index (χ2n) is 4.92. The Kier molecular flexibility index (Phi) is 2.60. The lowest BCUT2D eigenvalue weighted by atomic mass is 10.1. The lowest BCUT2D eigenvalue weighted by Crippen LogP contribution is -1.88. The number of pyridine rings is 1. The molecule has 100 valence electrons. The average Bonchev–Trinajstić information content (AvgIpc) is 3.12. The monoisotopic (exact) mass is 283 g/mol. The summed E-state index contributed by atoms with van der Waals surface area (Å²) >= 11 is 1.79. The van der Waals surface area contributed by atoms with Crippen molar-refractivity contribution >= 4 is 17.2 Å². The molecule has 5 heteroatoms. The minimum Gasteiger partial charge on any atom is -0.380 e. The Morgan fingerprint density at radius 2 is 2.05 bits per heavy atom. The van der Waals surface area contributed by atoms with Gasteiger partial charge in [0, 0.05) is 17.3 Å². The van der Waals surface area contributed by atoms with E-state index in [0.717, 1.165) is 21.8 Å². The molecule has 4 nitrogen and oxygen atoms in total. The smallest absolute Gasteiger partial charge is 0.186 e. The van der Waals surface area contributed by atoms with Gasteiger partial charge in [-0.25, -0.2) is 0 Å². The predicted octanol–water partition coefficient (Wildman–Crippen LogP) is 3.54. The molecule has 0 saturated carbocycles. The summed E-state index contributed by atoms with van der Waals surface area (Å²) in [5.74, 6) is 1.20. The molecule has 3 heterocycles. The number of nitrogens with two attached hydrogens (primary N) is 1. The first kappa shape index (κ1) is 11.7. The Labute approximate surface area is 120 Å². The molecule has 2 N–H and O–H groups in total. The van der Waals surface area contributed by atoms with Crippen LogP contribution in [-0.4, -0.2) is 10.1 Å². The molecule has 0 aliphatic heterocycles. The van der Waals surface area contributed by atoms with Crippen molar-refractivity contribution in [3.8, 4) is 21.8 Å². The number of hydrogen-bond acceptors (Lipinski definition) is 5. The quantitative estimate of drug-likeness (QED) is 0.781. The summed E-state index contributed by atoms with van der Waals surface area (Å²) in [4.78, 5) is 6.62. The summed E-state index contributed by atoms with van der Waals surface area (Å²) in [6.45, 7) is 0. The van der Waals surface area contributed by atoms with Gasteiger partial charge >= 0.3 is 0 Å². The highest BCUT2D eigenvalue weighted by molar-refractivity contribution is 7.15. The van der Waals surface area contributed by atoms with Crippen LogP contribution >= 0.6 is 11.3 Å². The number of thiophene rings is 1. The van der Waals surface area contributed by atoms with Gasteiger partial charge < -0.3 is 10.3 Å². The van der Waals surface area contributed by atoms with E-state index in [1.807, 2.05) is 12.1 Å². The Bertz CT molecular complexity index is 739. The molecule has 1 aliphatic rings. The van der Waals surface area contributed by atoms with Crippen LogP contribution in [0.3, 0.4) is 0 Å². The van der Waals surface area contributed by atoms with Gasteiger partial charge in [0.2, 0.25) is 0 Å². The summed E-state index contributed by atoms with van der Waals surface area (Å²) in [5, 5.41) is 3.94. The van der Waals surface area contributed by atoms with Crippen LogP contribution in [0.5, 0.6) is 0 Å². The molecular weight excluding hydrogens is 270 g/mol. The molecule has 0 aromatic carbocycles. The highest BCUT2D eigenvalue weighted by Gasteiger charge is 2.22. The Hall–Kier alpha value is -2.14. The average molecular weight is 283 g/mol. The number of aromatic nitrogens is 2. The van der Waals surface area contributed by atoms with Crippen molar-refractivity contribution in [1.29, 1.82) is 0 Å². The third-order valence-electron chi connectivity index (χ3n) is 3.66. The molecule has 0 amide bonds. The molecule has 0 radical (unpaired) electrons. The van der Waals surface area contributed by atoms with Crippen molar-refractivity contribution in [1.82, 2.24) is 10.1 Å². The van der Waals surface area contributed by atoms with Crippen molar-refractivity contribution in [2.24, 2.45) is 0 Å². The van der Waals surface area contributed by atoms with Crippen LogP contribution in [0.4, 0.5) is 5.82 Å². The highest BCUT2D eigenvalue weighted by atomic mass is 32.1. The van der Waals surface area contributed by atoms with Gasteiger partial charge in [-0.1, -0.05) is 5.16 Å². The van der Waals surface area contributed by atoms with Crippen LogP contribution in [0.25, 0.3) is 21.8 Å². The molecule has 0 atom stereocenters. The number of anilines is 1. The molecule has 0 bridgehead atoms. The fraction of sp³-hybridized carbons (Fsp3) is 0.200. The van der Waals surface area contributed by atoms with Gasteiger partial charge in [0.05, 0.1) is 10.4 Å². The Morgan fingerprint density at radius 3 is 2.85 bits per heavy atom. The number of fused-ring (bicyclic) bond motifs is 1. The standard InChI is InChI=1S/C15H13N3OS/c16-15-13(9-4-6-17-7-5-9)14(19-18-15)12-8-10-2-1-3-11(10)20-12/h4-8H,1-3H2,(H2,16,18). The predicted molar refractivity (Wildman–Crippen MR) is 79.5 cm³/mol. The second kappa shape index (κ2) is 4.45. The first-order chi connectivity index (χ1) is 9.83. The Morgan fingerprint density at radius 1 is 1.20 bits per heavy atom. The number of hydrogen-bond donors (Lipinski definition) is 1. The minimum absolute atomic E-state index is 0.430. The van der Waals surface area contributed by atoms with Crippen molar-refractivity contribution in [3.05, 3.63) is 41.0 Å². The molecule has 3 aromatic heterocycles. The summed E-state index contributed by atoms with van der Waals surface area (Å²) < 4.78 is 5.49. The first-order valence-corrected chi connectivity index (χ1v) is 7.42. The van der Waals surface area contributed by atoms with Crippen LogP contribution in [0.2, 0.25) is 0 Å². The van der Waals surface area contributed by atoms with Crippen molar-refractivity contribution < 1.29 is 4.52 Å². The lowest BCUT2D eigenvalue weighted by Gasteiger charge is -2.00. The van der Waals surface area contributed by atoms with Gasteiger partial charge in [0.15, 0.2) is 11.6 Å². The third kappa shape index (κ3) is 1.74. The molecule has 0 spiro atoms. The van der Waals surface area contributed by atoms with Crippen LogP contribution < -0.4 is 5.73 Å². The molecule has 0 fully saturated rings. The van der Waals surface area contributed by atoms with Crippen molar-refractivity contribution in [3.63, 3.8) is 0 Å². The molecular formula is C15H13N3OS. The SMILES string of the molecule is Nc1noc(-c2cc3c(s2)CCC3)c1-c1ccncc1. The maximum atomic E-state index is 5.98. The van der Waals surface area contributed by atoms with E-state index in [9.17, 15) is 0 Å². The minimum atomic E-state index is 0.430. The molecule has 20 heavy (non-hydrogen) atoms. The molecule has 0 unspecified atom stereocenters. The maximum Gasteiger partial charge on any atom is 0.186 e. The van der Waals surface area contributed by atoms with Gasteiger partial charge in [-0.2, -0.15) is 0 Å². The zero-order valence-electron chi connectivity index (χ0n) is 10.8. The third-order valence-corrected chi connectivity index (χ3v) is 4.89. The molecule has 1 aliphatic carbocycles. The van der Waals surface area contributed by atoms with E-state index in [-0.39, 0.29) is 0 Å². The zero-order valence-corrected chi connectivity index (χ0v) is 11.6. The van der Waals surface area contributed by atoms with Crippen LogP contribution in [0.1, 0.15) is 16.9 Å². The fourth-order valence-electron chi connectivity index (χ4n) is 2.71. The Balaban J connectivity index is 1.87. The van der Waals surface area contributed by atoms with Crippen LogP contribution in [-0.2, 0) is 12.8 Å². The molecule has 0 saturated heterocycles. The van der Waals surface area contributed by atoms with Gasteiger partial charge in [0.25, 0.3) is 0 Å². The van der Waals surface area contributed by atoms with Gasteiger partial charge in [-0.3, -0.25) is 4.98 Å². The highest BCUT2D eigenvalue weighted by Crippen LogP contribution is 2.42. The van der Waals surface area contributed by atoms with Crippen molar-refractivity contribution in [2.75, 3.05) is 5.73 Å². The normalized spacial score (nSPS) is 13.6. The van der Waals surface area contributed by atoms with E-state index in [1.165, 1.54) is 29.7 Å². The number of aryl methyl sites for hydroxylation is 2. The molecule has 4 rings (SSSR count). The van der Waals surface area contributed by atoms with Gasteiger partial charge in [-0.05, 0) is 48.6 Å². The van der Waals surface area contributed by atoms with E-state index in [0.29, 0.717) is 5.82 Å². The van der Waals surface area contributed by atoms with Crippen LogP contribution in [0, 0.1) is 0 Å². The van der Waals surface area contributed by atoms with E-state index in [2.05, 4.69) is 16.2 Å². The lowest BCUT2D eigenvalue weighted by molar-refractivity contribution is 0.437. The second-order valence-corrected chi connectivity index (χ2v) is 6.06. The van der Waals surface area contributed by atoms with E-state index >= 15 is 0 Å². The van der Waals surface area contributed by atoms with E-state index < -0.39 is 0 Å². The summed E-state index contributed by atoms with van der Waals surface area (Å²) in [5.41, 5.74) is 9.28. The first-order valence-electron chi connectivity index (χ1n) is 6.60. The maximum absolute atomic E-state index is 5.98. The summed E-state index contributed by atoms with van der Waals surface area (Å²) in [6, 6.07) is 6.07. The molecule has 3 aromatic rings. The largest absolute Gasteiger partial charge is 0.380 e. The van der Waals surface area contributed by atoms with Crippen molar-refractivity contribution in [2.45, 2.75) is 19.3 Å².